The first-order valence-corrected chi connectivity index (χ1v) is 5.02. The van der Waals surface area contributed by atoms with E-state index < -0.39 is 0 Å². The van der Waals surface area contributed by atoms with Crippen LogP contribution >= 0.6 is 0 Å². The fourth-order valence-corrected chi connectivity index (χ4v) is 1.12. The molecule has 1 saturated heterocycles. The molecule has 0 bridgehead atoms. The Bertz CT molecular complexity index is 110. The zero-order chi connectivity index (χ0) is 8.81. The molecule has 2 heteroatoms. The summed E-state index contributed by atoms with van der Waals surface area (Å²) in [5.74, 6) is 0.853. The molecule has 1 fully saturated rings. The van der Waals surface area contributed by atoms with Crippen molar-refractivity contribution in [2.45, 2.75) is 39.2 Å². The average molecular weight is 172 g/mol. The van der Waals surface area contributed by atoms with Crippen LogP contribution in [0, 0.1) is 5.92 Å². The van der Waals surface area contributed by atoms with Crippen molar-refractivity contribution in [2.24, 2.45) is 5.92 Å². The van der Waals surface area contributed by atoms with Gasteiger partial charge in [-0.25, -0.2) is 0 Å². The molecule has 1 aliphatic rings. The Balaban J connectivity index is 1.75. The Hall–Kier alpha value is -0.0800. The highest BCUT2D eigenvalue weighted by Gasteiger charge is 2.21. The normalized spacial score (nSPS) is 24.0. The van der Waals surface area contributed by atoms with E-state index in [4.69, 9.17) is 9.47 Å². The maximum Gasteiger partial charge on any atom is 0.104 e. The molecule has 0 saturated carbocycles. The maximum atomic E-state index is 5.43. The van der Waals surface area contributed by atoms with Crippen LogP contribution in [0.1, 0.15) is 33.1 Å². The summed E-state index contributed by atoms with van der Waals surface area (Å²) in [5, 5.41) is 0. The summed E-state index contributed by atoms with van der Waals surface area (Å²) in [4.78, 5) is 0. The van der Waals surface area contributed by atoms with E-state index in [1.807, 2.05) is 0 Å². The number of rotatable bonds is 7. The Labute approximate surface area is 75.2 Å². The number of hydrogen-bond acceptors (Lipinski definition) is 2. The van der Waals surface area contributed by atoms with Crippen LogP contribution in [0.4, 0.5) is 0 Å². The second-order valence-electron chi connectivity index (χ2n) is 3.69. The second-order valence-corrected chi connectivity index (χ2v) is 3.69. The molecule has 2 unspecified atom stereocenters. The van der Waals surface area contributed by atoms with Gasteiger partial charge in [-0.3, -0.25) is 0 Å². The summed E-state index contributed by atoms with van der Waals surface area (Å²) >= 11 is 0. The topological polar surface area (TPSA) is 21.8 Å². The summed E-state index contributed by atoms with van der Waals surface area (Å²) in [6.45, 7) is 7.16. The molecule has 0 aromatic carbocycles. The molecule has 0 amide bonds. The van der Waals surface area contributed by atoms with Gasteiger partial charge in [-0.05, 0) is 18.8 Å². The van der Waals surface area contributed by atoms with Crippen LogP contribution in [0.5, 0.6) is 0 Å². The molecule has 12 heavy (non-hydrogen) atoms. The predicted molar refractivity (Wildman–Crippen MR) is 49.2 cm³/mol. The van der Waals surface area contributed by atoms with E-state index in [9.17, 15) is 0 Å². The van der Waals surface area contributed by atoms with E-state index >= 15 is 0 Å². The van der Waals surface area contributed by atoms with E-state index in [2.05, 4.69) is 13.8 Å². The van der Waals surface area contributed by atoms with E-state index in [0.29, 0.717) is 6.10 Å². The van der Waals surface area contributed by atoms with Crippen LogP contribution in [0.15, 0.2) is 0 Å². The third-order valence-electron chi connectivity index (χ3n) is 2.39. The second kappa shape index (κ2) is 5.55. The number of hydrogen-bond donors (Lipinski definition) is 0. The number of epoxide rings is 1. The summed E-state index contributed by atoms with van der Waals surface area (Å²) in [6, 6.07) is 0. The van der Waals surface area contributed by atoms with E-state index in [1.165, 1.54) is 19.3 Å². The fourth-order valence-electron chi connectivity index (χ4n) is 1.12. The Morgan fingerprint density at radius 1 is 1.58 bits per heavy atom. The van der Waals surface area contributed by atoms with Crippen molar-refractivity contribution >= 4 is 0 Å². The highest BCUT2D eigenvalue weighted by Crippen LogP contribution is 2.11. The molecule has 2 nitrogen and oxygen atoms in total. The molecular weight excluding hydrogens is 152 g/mol. The highest BCUT2D eigenvalue weighted by atomic mass is 16.6. The summed E-state index contributed by atoms with van der Waals surface area (Å²) in [6.07, 6.45) is 4.20. The van der Waals surface area contributed by atoms with Gasteiger partial charge in [0.2, 0.25) is 0 Å². The van der Waals surface area contributed by atoms with Crippen LogP contribution < -0.4 is 0 Å². The number of ether oxygens (including phenoxy) is 2. The van der Waals surface area contributed by atoms with Crippen LogP contribution in [0.2, 0.25) is 0 Å². The lowest BCUT2D eigenvalue weighted by atomic mass is 10.0. The molecule has 0 aromatic rings. The highest BCUT2D eigenvalue weighted by molar-refractivity contribution is 4.67. The summed E-state index contributed by atoms with van der Waals surface area (Å²) in [5.41, 5.74) is 0. The van der Waals surface area contributed by atoms with Gasteiger partial charge in [-0.15, -0.1) is 0 Å². The van der Waals surface area contributed by atoms with Crippen molar-refractivity contribution in [3.63, 3.8) is 0 Å². The van der Waals surface area contributed by atoms with Gasteiger partial charge in [0, 0.05) is 6.61 Å². The minimum atomic E-state index is 0.425. The van der Waals surface area contributed by atoms with E-state index in [0.717, 1.165) is 25.7 Å². The first-order chi connectivity index (χ1) is 5.83. The van der Waals surface area contributed by atoms with Crippen molar-refractivity contribution in [3.8, 4) is 0 Å². The molecule has 0 N–H and O–H groups in total. The minimum absolute atomic E-state index is 0.425. The molecule has 1 rings (SSSR count). The van der Waals surface area contributed by atoms with Crippen LogP contribution in [-0.2, 0) is 9.47 Å². The molecular formula is C10H20O2. The average Bonchev–Trinajstić information content (AvgIpc) is 2.87. The Morgan fingerprint density at radius 2 is 2.33 bits per heavy atom. The lowest BCUT2D eigenvalue weighted by Gasteiger charge is -2.07. The Kier molecular flexibility index (Phi) is 4.62. The van der Waals surface area contributed by atoms with Crippen molar-refractivity contribution in [1.29, 1.82) is 0 Å². The van der Waals surface area contributed by atoms with Crippen molar-refractivity contribution in [2.75, 3.05) is 19.8 Å². The minimum Gasteiger partial charge on any atom is -0.379 e. The van der Waals surface area contributed by atoms with Gasteiger partial charge in [0.25, 0.3) is 0 Å². The maximum absolute atomic E-state index is 5.43. The molecule has 0 radical (unpaired) electrons. The van der Waals surface area contributed by atoms with Crippen LogP contribution in [0.25, 0.3) is 0 Å². The predicted octanol–water partition coefficient (Wildman–Crippen LogP) is 2.23. The van der Waals surface area contributed by atoms with Gasteiger partial charge in [-0.2, -0.15) is 0 Å². The third-order valence-corrected chi connectivity index (χ3v) is 2.39. The third kappa shape index (κ3) is 4.73. The summed E-state index contributed by atoms with van der Waals surface area (Å²) < 4.78 is 10.5. The molecule has 1 aliphatic heterocycles. The van der Waals surface area contributed by atoms with Crippen molar-refractivity contribution in [1.82, 2.24) is 0 Å². The molecule has 0 aromatic heterocycles. The fraction of sp³-hybridized carbons (Fsp3) is 1.00. The quantitative estimate of drug-likeness (QED) is 0.434. The zero-order valence-electron chi connectivity index (χ0n) is 8.21. The molecule has 72 valence electrons. The van der Waals surface area contributed by atoms with Gasteiger partial charge in [0.1, 0.15) is 6.10 Å². The molecule has 1 heterocycles. The smallest absolute Gasteiger partial charge is 0.104 e. The molecule has 0 spiro atoms. The van der Waals surface area contributed by atoms with Crippen LogP contribution in [0.3, 0.4) is 0 Å². The van der Waals surface area contributed by atoms with E-state index in [-0.39, 0.29) is 0 Å². The van der Waals surface area contributed by atoms with Gasteiger partial charge < -0.3 is 9.47 Å². The summed E-state index contributed by atoms with van der Waals surface area (Å²) in [7, 11) is 0. The Morgan fingerprint density at radius 3 is 2.92 bits per heavy atom. The standard InChI is InChI=1S/C10H20O2/c1-3-9(2)5-4-6-11-7-10-8-12-10/h9-10H,3-8H2,1-2H3. The zero-order valence-corrected chi connectivity index (χ0v) is 8.21. The van der Waals surface area contributed by atoms with Gasteiger partial charge in [-0.1, -0.05) is 20.3 Å². The largest absolute Gasteiger partial charge is 0.379 e. The first-order valence-electron chi connectivity index (χ1n) is 5.02. The SMILES string of the molecule is CCC(C)CCCOCC1CO1. The van der Waals surface area contributed by atoms with Crippen molar-refractivity contribution < 1.29 is 9.47 Å². The van der Waals surface area contributed by atoms with Gasteiger partial charge >= 0.3 is 0 Å². The first kappa shape index (κ1) is 10.0. The van der Waals surface area contributed by atoms with Crippen molar-refractivity contribution in [3.05, 3.63) is 0 Å². The van der Waals surface area contributed by atoms with Gasteiger partial charge in [0.15, 0.2) is 0 Å². The molecule has 2 atom stereocenters. The monoisotopic (exact) mass is 172 g/mol. The molecule has 0 aliphatic carbocycles. The lowest BCUT2D eigenvalue weighted by molar-refractivity contribution is 0.110. The van der Waals surface area contributed by atoms with Crippen LogP contribution in [-0.4, -0.2) is 25.9 Å². The lowest BCUT2D eigenvalue weighted by Crippen LogP contribution is -2.04. The van der Waals surface area contributed by atoms with E-state index in [1.54, 1.807) is 0 Å². The van der Waals surface area contributed by atoms with Gasteiger partial charge in [0.05, 0.1) is 13.2 Å².